The molecule has 0 saturated carbocycles. The molecule has 0 fully saturated rings. The van der Waals surface area contributed by atoms with Crippen molar-refractivity contribution in [1.82, 2.24) is 0 Å². The molecule has 0 aliphatic heterocycles. The van der Waals surface area contributed by atoms with E-state index in [1.165, 1.54) is 5.56 Å². The first-order valence-corrected chi connectivity index (χ1v) is 5.03. The van der Waals surface area contributed by atoms with Crippen molar-refractivity contribution < 1.29 is 9.15 Å². The molecule has 15 heavy (non-hydrogen) atoms. The van der Waals surface area contributed by atoms with Crippen LogP contribution >= 0.6 is 0 Å². The fourth-order valence-electron chi connectivity index (χ4n) is 1.66. The topological polar surface area (TPSA) is 48.4 Å². The smallest absolute Gasteiger partial charge is 0.134 e. The molecule has 0 unspecified atom stereocenters. The van der Waals surface area contributed by atoms with E-state index >= 15 is 0 Å². The van der Waals surface area contributed by atoms with E-state index in [9.17, 15) is 0 Å². The van der Waals surface area contributed by atoms with Crippen molar-refractivity contribution in [3.63, 3.8) is 0 Å². The highest BCUT2D eigenvalue weighted by Gasteiger charge is 2.04. The molecule has 3 heteroatoms. The van der Waals surface area contributed by atoms with Gasteiger partial charge in [-0.1, -0.05) is 6.07 Å². The third kappa shape index (κ3) is 2.03. The minimum absolute atomic E-state index is 0.515. The molecule has 0 atom stereocenters. The Morgan fingerprint density at radius 3 is 3.00 bits per heavy atom. The average molecular weight is 205 g/mol. The van der Waals surface area contributed by atoms with Gasteiger partial charge in [0.2, 0.25) is 0 Å². The maximum atomic E-state index is 5.63. The number of furan rings is 1. The average Bonchev–Trinajstić information content (AvgIpc) is 2.68. The lowest BCUT2D eigenvalue weighted by molar-refractivity contribution is 0.202. The molecule has 2 rings (SSSR count). The van der Waals surface area contributed by atoms with Crippen LogP contribution in [0.3, 0.4) is 0 Å². The van der Waals surface area contributed by atoms with Gasteiger partial charge in [0.25, 0.3) is 0 Å². The van der Waals surface area contributed by atoms with Gasteiger partial charge in [0.05, 0.1) is 12.9 Å². The number of ether oxygens (including phenoxy) is 1. The predicted octanol–water partition coefficient (Wildman–Crippen LogP) is 2.08. The summed E-state index contributed by atoms with van der Waals surface area (Å²) in [5, 5.41) is 1.12. The number of hydrogen-bond acceptors (Lipinski definition) is 3. The summed E-state index contributed by atoms with van der Waals surface area (Å²) in [6.07, 6.45) is 2.65. The van der Waals surface area contributed by atoms with Crippen LogP contribution in [0.2, 0.25) is 0 Å². The van der Waals surface area contributed by atoms with Crippen molar-refractivity contribution in [2.24, 2.45) is 5.73 Å². The number of rotatable bonds is 4. The van der Waals surface area contributed by atoms with Gasteiger partial charge in [-0.15, -0.1) is 0 Å². The van der Waals surface area contributed by atoms with Crippen molar-refractivity contribution in [2.45, 2.75) is 13.0 Å². The Bertz CT molecular complexity index is 448. The molecule has 0 bridgehead atoms. The molecule has 0 aliphatic carbocycles. The number of hydrogen-bond donors (Lipinski definition) is 1. The van der Waals surface area contributed by atoms with Crippen molar-refractivity contribution in [3.05, 3.63) is 35.6 Å². The number of nitrogens with two attached hydrogens (primary N) is 1. The normalized spacial score (nSPS) is 11.1. The highest BCUT2D eigenvalue weighted by atomic mass is 16.5. The van der Waals surface area contributed by atoms with E-state index in [0.717, 1.165) is 29.6 Å². The number of benzene rings is 1. The Morgan fingerprint density at radius 2 is 2.27 bits per heavy atom. The third-order valence-electron chi connectivity index (χ3n) is 2.53. The molecular formula is C12H15NO2. The van der Waals surface area contributed by atoms with E-state index in [2.05, 4.69) is 12.1 Å². The summed E-state index contributed by atoms with van der Waals surface area (Å²) in [4.78, 5) is 0. The summed E-state index contributed by atoms with van der Waals surface area (Å²) in [5.41, 5.74) is 8.84. The first-order valence-electron chi connectivity index (χ1n) is 5.03. The molecular weight excluding hydrogens is 190 g/mol. The molecule has 2 aromatic rings. The zero-order chi connectivity index (χ0) is 10.7. The van der Waals surface area contributed by atoms with E-state index in [1.54, 1.807) is 13.4 Å². The van der Waals surface area contributed by atoms with Crippen LogP contribution in [0.1, 0.15) is 11.1 Å². The van der Waals surface area contributed by atoms with Gasteiger partial charge in [-0.25, -0.2) is 0 Å². The maximum Gasteiger partial charge on any atom is 0.134 e. The van der Waals surface area contributed by atoms with Gasteiger partial charge in [-0.2, -0.15) is 0 Å². The summed E-state index contributed by atoms with van der Waals surface area (Å²) >= 11 is 0. The predicted molar refractivity (Wildman–Crippen MR) is 59.7 cm³/mol. The van der Waals surface area contributed by atoms with Crippen LogP contribution in [0.15, 0.2) is 28.9 Å². The molecule has 0 radical (unpaired) electrons. The summed E-state index contributed by atoms with van der Waals surface area (Å²) in [6.45, 7) is 1.25. The Labute approximate surface area is 88.8 Å². The first-order chi connectivity index (χ1) is 7.35. The van der Waals surface area contributed by atoms with Crippen molar-refractivity contribution >= 4 is 11.0 Å². The molecule has 0 spiro atoms. The van der Waals surface area contributed by atoms with E-state index in [-0.39, 0.29) is 0 Å². The van der Waals surface area contributed by atoms with Crippen LogP contribution in [0.5, 0.6) is 0 Å². The summed E-state index contributed by atoms with van der Waals surface area (Å²) in [6, 6.07) is 6.17. The molecule has 1 aromatic heterocycles. The zero-order valence-corrected chi connectivity index (χ0v) is 8.82. The van der Waals surface area contributed by atoms with Gasteiger partial charge in [-0.05, 0) is 24.1 Å². The fourth-order valence-corrected chi connectivity index (χ4v) is 1.66. The largest absolute Gasteiger partial charge is 0.464 e. The monoisotopic (exact) mass is 205 g/mol. The Kier molecular flexibility index (Phi) is 3.04. The number of methoxy groups -OCH3 is 1. The molecule has 1 aromatic carbocycles. The quantitative estimate of drug-likeness (QED) is 0.831. The lowest BCUT2D eigenvalue weighted by Crippen LogP contribution is -1.96. The number of fused-ring (bicyclic) bond motifs is 1. The van der Waals surface area contributed by atoms with Crippen LogP contribution in [-0.2, 0) is 17.7 Å². The van der Waals surface area contributed by atoms with Gasteiger partial charge in [0.15, 0.2) is 0 Å². The van der Waals surface area contributed by atoms with E-state index in [4.69, 9.17) is 14.9 Å². The second kappa shape index (κ2) is 4.47. The standard InChI is InChI=1S/C12H15NO2/c1-14-5-4-9-2-3-12-11(6-9)10(7-13)8-15-12/h2-3,6,8H,4-5,7,13H2,1H3. The Hall–Kier alpha value is -1.32. The zero-order valence-electron chi connectivity index (χ0n) is 8.82. The third-order valence-corrected chi connectivity index (χ3v) is 2.53. The summed E-state index contributed by atoms with van der Waals surface area (Å²) < 4.78 is 10.4. The maximum absolute atomic E-state index is 5.63. The molecule has 80 valence electrons. The molecule has 2 N–H and O–H groups in total. The van der Waals surface area contributed by atoms with Gasteiger partial charge in [0, 0.05) is 24.6 Å². The molecule has 0 aliphatic rings. The second-order valence-corrected chi connectivity index (χ2v) is 3.54. The SMILES string of the molecule is COCCc1ccc2occ(CN)c2c1. The lowest BCUT2D eigenvalue weighted by Gasteiger charge is -2.00. The molecule has 1 heterocycles. The van der Waals surface area contributed by atoms with E-state index in [0.29, 0.717) is 6.54 Å². The minimum Gasteiger partial charge on any atom is -0.464 e. The van der Waals surface area contributed by atoms with Crippen molar-refractivity contribution in [1.29, 1.82) is 0 Å². The van der Waals surface area contributed by atoms with Crippen LogP contribution in [0, 0.1) is 0 Å². The Balaban J connectivity index is 2.35. The molecule has 0 amide bonds. The van der Waals surface area contributed by atoms with E-state index < -0.39 is 0 Å². The first kappa shape index (κ1) is 10.2. The van der Waals surface area contributed by atoms with Crippen LogP contribution in [0.25, 0.3) is 11.0 Å². The minimum atomic E-state index is 0.515. The highest BCUT2D eigenvalue weighted by molar-refractivity contribution is 5.81. The van der Waals surface area contributed by atoms with Gasteiger partial charge in [0.1, 0.15) is 5.58 Å². The van der Waals surface area contributed by atoms with Gasteiger partial charge < -0.3 is 14.9 Å². The van der Waals surface area contributed by atoms with Crippen LogP contribution < -0.4 is 5.73 Å². The van der Waals surface area contributed by atoms with Crippen molar-refractivity contribution in [2.75, 3.05) is 13.7 Å². The molecule has 0 saturated heterocycles. The van der Waals surface area contributed by atoms with E-state index in [1.807, 2.05) is 6.07 Å². The van der Waals surface area contributed by atoms with Crippen LogP contribution in [0.4, 0.5) is 0 Å². The summed E-state index contributed by atoms with van der Waals surface area (Å²) in [7, 11) is 1.71. The van der Waals surface area contributed by atoms with Crippen LogP contribution in [-0.4, -0.2) is 13.7 Å². The Morgan fingerprint density at radius 1 is 1.40 bits per heavy atom. The second-order valence-electron chi connectivity index (χ2n) is 3.54. The molecule has 3 nitrogen and oxygen atoms in total. The van der Waals surface area contributed by atoms with Gasteiger partial charge >= 0.3 is 0 Å². The fraction of sp³-hybridized carbons (Fsp3) is 0.333. The summed E-state index contributed by atoms with van der Waals surface area (Å²) in [5.74, 6) is 0. The van der Waals surface area contributed by atoms with Gasteiger partial charge in [-0.3, -0.25) is 0 Å². The van der Waals surface area contributed by atoms with Crippen molar-refractivity contribution in [3.8, 4) is 0 Å². The highest BCUT2D eigenvalue weighted by Crippen LogP contribution is 2.22. The lowest BCUT2D eigenvalue weighted by atomic mass is 10.1.